The number of piperazine rings is 1. The van der Waals surface area contributed by atoms with Gasteiger partial charge in [-0.2, -0.15) is 0 Å². The minimum atomic E-state index is -1.08. The molecule has 0 bridgehead atoms. The lowest BCUT2D eigenvalue weighted by Gasteiger charge is -2.35. The van der Waals surface area contributed by atoms with Gasteiger partial charge in [0.2, 0.25) is 17.7 Å². The Labute approximate surface area is 139 Å². The van der Waals surface area contributed by atoms with Gasteiger partial charge < -0.3 is 15.1 Å². The van der Waals surface area contributed by atoms with Crippen molar-refractivity contribution in [3.05, 3.63) is 30.1 Å². The molecule has 1 saturated carbocycles. The summed E-state index contributed by atoms with van der Waals surface area (Å²) in [6.07, 6.45) is 0.943. The van der Waals surface area contributed by atoms with Crippen molar-refractivity contribution < 1.29 is 18.8 Å². The van der Waals surface area contributed by atoms with Crippen LogP contribution < -0.4 is 5.32 Å². The van der Waals surface area contributed by atoms with Crippen molar-refractivity contribution in [2.24, 2.45) is 5.41 Å². The van der Waals surface area contributed by atoms with Gasteiger partial charge in [-0.25, -0.2) is 4.39 Å². The molecule has 7 heteroatoms. The number of amides is 3. The van der Waals surface area contributed by atoms with Gasteiger partial charge in [0.05, 0.1) is 5.69 Å². The largest absolute Gasteiger partial charge is 0.339 e. The minimum Gasteiger partial charge on any atom is -0.339 e. The summed E-state index contributed by atoms with van der Waals surface area (Å²) in [4.78, 5) is 39.9. The van der Waals surface area contributed by atoms with Crippen molar-refractivity contribution in [3.63, 3.8) is 0 Å². The lowest BCUT2D eigenvalue weighted by molar-refractivity contribution is -0.146. The molecule has 1 saturated heterocycles. The van der Waals surface area contributed by atoms with Gasteiger partial charge in [-0.15, -0.1) is 0 Å². The van der Waals surface area contributed by atoms with E-state index in [0.29, 0.717) is 39.0 Å². The van der Waals surface area contributed by atoms with E-state index in [-0.39, 0.29) is 17.5 Å². The molecule has 24 heavy (non-hydrogen) atoms. The third-order valence-corrected chi connectivity index (χ3v) is 4.73. The Morgan fingerprint density at radius 1 is 1.04 bits per heavy atom. The van der Waals surface area contributed by atoms with Crippen LogP contribution in [0.3, 0.4) is 0 Å². The van der Waals surface area contributed by atoms with Crippen molar-refractivity contribution in [2.45, 2.75) is 19.8 Å². The van der Waals surface area contributed by atoms with E-state index < -0.39 is 17.1 Å². The quantitative estimate of drug-likeness (QED) is 0.846. The number of anilines is 1. The predicted molar refractivity (Wildman–Crippen MR) is 85.5 cm³/mol. The van der Waals surface area contributed by atoms with Gasteiger partial charge in [0, 0.05) is 33.1 Å². The highest BCUT2D eigenvalue weighted by atomic mass is 19.1. The Hall–Kier alpha value is -2.44. The minimum absolute atomic E-state index is 0.0134. The molecule has 0 radical (unpaired) electrons. The van der Waals surface area contributed by atoms with E-state index >= 15 is 0 Å². The summed E-state index contributed by atoms with van der Waals surface area (Å²) >= 11 is 0. The Kier molecular flexibility index (Phi) is 4.26. The molecule has 3 amide bonds. The van der Waals surface area contributed by atoms with Crippen LogP contribution in [0, 0.1) is 11.2 Å². The second kappa shape index (κ2) is 6.22. The Balaban J connectivity index is 1.65. The summed E-state index contributed by atoms with van der Waals surface area (Å²) in [6.45, 7) is 3.31. The molecule has 128 valence electrons. The van der Waals surface area contributed by atoms with Crippen molar-refractivity contribution in [2.75, 3.05) is 31.5 Å². The number of benzene rings is 1. The van der Waals surface area contributed by atoms with Crippen LogP contribution in [0.2, 0.25) is 0 Å². The number of nitrogens with one attached hydrogen (secondary N) is 1. The second-order valence-corrected chi connectivity index (χ2v) is 6.31. The average Bonchev–Trinajstić information content (AvgIpc) is 3.38. The number of hydrogen-bond acceptors (Lipinski definition) is 3. The maximum Gasteiger partial charge on any atom is 0.240 e. The normalized spacial score (nSPS) is 18.9. The fraction of sp³-hybridized carbons (Fsp3) is 0.471. The van der Waals surface area contributed by atoms with Gasteiger partial charge in [-0.3, -0.25) is 14.4 Å². The van der Waals surface area contributed by atoms with Crippen LogP contribution in [-0.4, -0.2) is 53.7 Å². The van der Waals surface area contributed by atoms with Crippen LogP contribution in [0.1, 0.15) is 19.8 Å². The van der Waals surface area contributed by atoms with Gasteiger partial charge in [0.1, 0.15) is 11.2 Å². The first-order valence-electron chi connectivity index (χ1n) is 8.05. The molecule has 0 unspecified atom stereocenters. The molecule has 2 aliphatic rings. The molecule has 0 aromatic heterocycles. The second-order valence-electron chi connectivity index (χ2n) is 6.31. The van der Waals surface area contributed by atoms with E-state index in [1.165, 1.54) is 25.1 Å². The highest BCUT2D eigenvalue weighted by Crippen LogP contribution is 2.48. The predicted octanol–water partition coefficient (Wildman–Crippen LogP) is 1.24. The number of carbonyl (C=O) groups excluding carboxylic acids is 3. The third kappa shape index (κ3) is 2.98. The molecular formula is C17H20FN3O3. The van der Waals surface area contributed by atoms with E-state index in [0.717, 1.165) is 0 Å². The number of hydrogen-bond donors (Lipinski definition) is 1. The van der Waals surface area contributed by atoms with Crippen molar-refractivity contribution >= 4 is 23.4 Å². The summed E-state index contributed by atoms with van der Waals surface area (Å²) < 4.78 is 13.7. The van der Waals surface area contributed by atoms with E-state index in [2.05, 4.69) is 5.32 Å². The standard InChI is InChI=1S/C17H20FN3O3/c1-12(22)20-8-10-21(11-9-20)16(24)17(6-7-17)15(23)19-14-5-3-2-4-13(14)18/h2-5H,6-11H2,1H3,(H,19,23). The summed E-state index contributed by atoms with van der Waals surface area (Å²) in [5, 5.41) is 2.53. The monoisotopic (exact) mass is 333 g/mol. The smallest absolute Gasteiger partial charge is 0.240 e. The first-order chi connectivity index (χ1) is 11.4. The van der Waals surface area contributed by atoms with Gasteiger partial charge in [0.15, 0.2) is 0 Å². The van der Waals surface area contributed by atoms with E-state index in [1.807, 2.05) is 0 Å². The van der Waals surface area contributed by atoms with E-state index in [1.54, 1.807) is 15.9 Å². The molecule has 0 atom stereocenters. The molecule has 1 aliphatic heterocycles. The number of halogens is 1. The van der Waals surface area contributed by atoms with Gasteiger partial charge in [0.25, 0.3) is 0 Å². The Bertz CT molecular complexity index is 679. The summed E-state index contributed by atoms with van der Waals surface area (Å²) in [5.41, 5.74) is -0.997. The fourth-order valence-electron chi connectivity index (χ4n) is 2.99. The van der Waals surface area contributed by atoms with E-state index in [9.17, 15) is 18.8 Å². The average molecular weight is 333 g/mol. The molecule has 2 fully saturated rings. The van der Waals surface area contributed by atoms with Crippen LogP contribution in [-0.2, 0) is 14.4 Å². The SMILES string of the molecule is CC(=O)N1CCN(C(=O)C2(C(=O)Nc3ccccc3F)CC2)CC1. The third-order valence-electron chi connectivity index (χ3n) is 4.73. The summed E-state index contributed by atoms with van der Waals surface area (Å²) in [6, 6.07) is 5.90. The molecule has 1 aliphatic carbocycles. The summed E-state index contributed by atoms with van der Waals surface area (Å²) in [5.74, 6) is -1.21. The zero-order valence-electron chi connectivity index (χ0n) is 13.5. The molecule has 1 heterocycles. The van der Waals surface area contributed by atoms with Crippen molar-refractivity contribution in [1.82, 2.24) is 9.80 Å². The van der Waals surface area contributed by atoms with Crippen molar-refractivity contribution in [3.8, 4) is 0 Å². The molecule has 1 aromatic rings. The highest BCUT2D eigenvalue weighted by Gasteiger charge is 2.58. The fourth-order valence-corrected chi connectivity index (χ4v) is 2.99. The van der Waals surface area contributed by atoms with Gasteiger partial charge in [-0.05, 0) is 25.0 Å². The zero-order chi connectivity index (χ0) is 17.3. The van der Waals surface area contributed by atoms with Crippen LogP contribution >= 0.6 is 0 Å². The molecule has 3 rings (SSSR count). The maximum absolute atomic E-state index is 13.7. The lowest BCUT2D eigenvalue weighted by atomic mass is 10.0. The van der Waals surface area contributed by atoms with Crippen LogP contribution in [0.25, 0.3) is 0 Å². The van der Waals surface area contributed by atoms with Crippen molar-refractivity contribution in [1.29, 1.82) is 0 Å². The van der Waals surface area contributed by atoms with Gasteiger partial charge >= 0.3 is 0 Å². The maximum atomic E-state index is 13.7. The molecule has 6 nitrogen and oxygen atoms in total. The number of rotatable bonds is 3. The van der Waals surface area contributed by atoms with Crippen LogP contribution in [0.4, 0.5) is 10.1 Å². The van der Waals surface area contributed by atoms with Crippen LogP contribution in [0.15, 0.2) is 24.3 Å². The highest BCUT2D eigenvalue weighted by molar-refractivity contribution is 6.13. The number of carbonyl (C=O) groups is 3. The molecule has 1 N–H and O–H groups in total. The van der Waals surface area contributed by atoms with Crippen LogP contribution in [0.5, 0.6) is 0 Å². The molecule has 0 spiro atoms. The zero-order valence-corrected chi connectivity index (χ0v) is 13.5. The number of para-hydroxylation sites is 1. The lowest BCUT2D eigenvalue weighted by Crippen LogP contribution is -2.53. The Morgan fingerprint density at radius 3 is 2.17 bits per heavy atom. The first-order valence-corrected chi connectivity index (χ1v) is 8.05. The summed E-state index contributed by atoms with van der Waals surface area (Å²) in [7, 11) is 0. The Morgan fingerprint density at radius 2 is 1.62 bits per heavy atom. The topological polar surface area (TPSA) is 69.7 Å². The number of nitrogens with zero attached hydrogens (tertiary/aromatic N) is 2. The van der Waals surface area contributed by atoms with E-state index in [4.69, 9.17) is 0 Å². The molecule has 1 aromatic carbocycles. The first kappa shape index (κ1) is 16.4. The van der Waals surface area contributed by atoms with Gasteiger partial charge in [-0.1, -0.05) is 12.1 Å². The molecular weight excluding hydrogens is 313 g/mol.